The van der Waals surface area contributed by atoms with Crippen molar-refractivity contribution in [2.24, 2.45) is 5.92 Å². The Kier molecular flexibility index (Phi) is 5.56. The third-order valence-corrected chi connectivity index (χ3v) is 6.01. The van der Waals surface area contributed by atoms with Crippen molar-refractivity contribution in [3.63, 3.8) is 0 Å². The Labute approximate surface area is 166 Å². The molecular formula is C22H30O6. The number of ether oxygens (including phenoxy) is 3. The van der Waals surface area contributed by atoms with Gasteiger partial charge in [0.15, 0.2) is 6.10 Å². The van der Waals surface area contributed by atoms with Gasteiger partial charge in [-0.25, -0.2) is 4.79 Å². The Morgan fingerprint density at radius 1 is 1.39 bits per heavy atom. The highest BCUT2D eigenvalue weighted by molar-refractivity contribution is 5.91. The summed E-state index contributed by atoms with van der Waals surface area (Å²) in [5.41, 5.74) is -0.0770. The van der Waals surface area contributed by atoms with E-state index in [0.717, 1.165) is 5.57 Å². The summed E-state index contributed by atoms with van der Waals surface area (Å²) in [6.07, 6.45) is 6.74. The molecule has 2 aliphatic heterocycles. The lowest BCUT2D eigenvalue weighted by Gasteiger charge is -2.28. The van der Waals surface area contributed by atoms with Crippen LogP contribution in [0.5, 0.6) is 0 Å². The van der Waals surface area contributed by atoms with Crippen LogP contribution < -0.4 is 0 Å². The normalized spacial score (nSPS) is 41.2. The molecule has 0 aromatic carbocycles. The molecule has 6 unspecified atom stereocenters. The maximum atomic E-state index is 12.2. The third-order valence-electron chi connectivity index (χ3n) is 6.01. The molecule has 0 spiro atoms. The Morgan fingerprint density at radius 2 is 2.11 bits per heavy atom. The first-order valence-corrected chi connectivity index (χ1v) is 9.84. The minimum atomic E-state index is -0.935. The molecule has 0 saturated carbocycles. The highest BCUT2D eigenvalue weighted by Gasteiger charge is 2.55. The van der Waals surface area contributed by atoms with Gasteiger partial charge < -0.3 is 19.3 Å². The van der Waals surface area contributed by atoms with Crippen LogP contribution >= 0.6 is 0 Å². The van der Waals surface area contributed by atoms with Gasteiger partial charge in [0.2, 0.25) is 0 Å². The minimum absolute atomic E-state index is 0.0500. The molecule has 0 aromatic rings. The molecule has 3 rings (SSSR count). The quantitative estimate of drug-likeness (QED) is 0.321. The number of carbonyl (C=O) groups excluding carboxylic acids is 2. The lowest BCUT2D eigenvalue weighted by atomic mass is 9.84. The lowest BCUT2D eigenvalue weighted by molar-refractivity contribution is -0.157. The van der Waals surface area contributed by atoms with Crippen molar-refractivity contribution in [1.82, 2.24) is 0 Å². The van der Waals surface area contributed by atoms with Crippen molar-refractivity contribution in [2.75, 3.05) is 0 Å². The van der Waals surface area contributed by atoms with Gasteiger partial charge in [0.25, 0.3) is 0 Å². The second-order valence-electron chi connectivity index (χ2n) is 8.64. The van der Waals surface area contributed by atoms with E-state index in [4.69, 9.17) is 14.2 Å². The zero-order valence-corrected chi connectivity index (χ0v) is 17.1. The zero-order valence-electron chi connectivity index (χ0n) is 17.1. The van der Waals surface area contributed by atoms with Crippen LogP contribution in [0.4, 0.5) is 0 Å². The molecule has 0 aromatic heterocycles. The van der Waals surface area contributed by atoms with Gasteiger partial charge in [-0.3, -0.25) is 4.79 Å². The molecule has 2 heterocycles. The van der Waals surface area contributed by atoms with Crippen molar-refractivity contribution in [2.45, 2.75) is 82.9 Å². The fourth-order valence-corrected chi connectivity index (χ4v) is 4.12. The first-order valence-electron chi connectivity index (χ1n) is 9.84. The van der Waals surface area contributed by atoms with E-state index >= 15 is 0 Å². The third kappa shape index (κ3) is 4.39. The fraction of sp³-hybridized carbons (Fsp3) is 0.636. The zero-order chi connectivity index (χ0) is 20.7. The number of aliphatic hydroxyl groups is 1. The molecule has 28 heavy (non-hydrogen) atoms. The molecule has 6 nitrogen and oxygen atoms in total. The van der Waals surface area contributed by atoms with Gasteiger partial charge in [-0.1, -0.05) is 24.8 Å². The number of fused-ring (bicyclic) bond motifs is 2. The lowest BCUT2D eigenvalue weighted by Crippen LogP contribution is -2.37. The molecule has 1 N–H and O–H groups in total. The van der Waals surface area contributed by atoms with Crippen molar-refractivity contribution in [1.29, 1.82) is 0 Å². The van der Waals surface area contributed by atoms with Crippen molar-refractivity contribution < 1.29 is 28.9 Å². The van der Waals surface area contributed by atoms with Crippen LogP contribution in [0.3, 0.4) is 0 Å². The van der Waals surface area contributed by atoms with Crippen LogP contribution in [0.2, 0.25) is 0 Å². The topological polar surface area (TPSA) is 85.4 Å². The minimum Gasteiger partial charge on any atom is -0.454 e. The Morgan fingerprint density at radius 3 is 2.79 bits per heavy atom. The highest BCUT2D eigenvalue weighted by Crippen LogP contribution is 2.47. The van der Waals surface area contributed by atoms with Gasteiger partial charge in [0.05, 0.1) is 17.3 Å². The summed E-state index contributed by atoms with van der Waals surface area (Å²) in [6, 6.07) is 0. The fourth-order valence-electron chi connectivity index (χ4n) is 4.12. The molecule has 6 atom stereocenters. The second kappa shape index (κ2) is 7.48. The van der Waals surface area contributed by atoms with Gasteiger partial charge in [-0.05, 0) is 52.0 Å². The standard InChI is InChI=1S/C22H30O6/c1-13-8-6-9-21(4,25)10-7-11-22(5)17(28-22)12-16-14(2)20(24)27-19(16)18(13)26-15(3)23/h7-8,10,16-19,25H,2,6,9,11-12H2,1,3-5H3. The maximum Gasteiger partial charge on any atom is 0.334 e. The summed E-state index contributed by atoms with van der Waals surface area (Å²) in [5, 5.41) is 10.6. The Hall–Kier alpha value is -1.92. The SMILES string of the molecule is C=C1C(=O)OC2C1CC1OC1(C)CC=CC(C)(O)CCC=C(C)C2OC(C)=O. The van der Waals surface area contributed by atoms with E-state index in [1.807, 2.05) is 32.1 Å². The Balaban J connectivity index is 1.94. The number of hydrogen-bond acceptors (Lipinski definition) is 6. The van der Waals surface area contributed by atoms with Crippen LogP contribution in [0.15, 0.2) is 36.0 Å². The number of epoxide rings is 1. The molecule has 0 radical (unpaired) electrons. The van der Waals surface area contributed by atoms with Gasteiger partial charge in [-0.2, -0.15) is 0 Å². The Bertz CT molecular complexity index is 733. The van der Waals surface area contributed by atoms with Gasteiger partial charge >= 0.3 is 11.9 Å². The molecule has 2 fully saturated rings. The molecule has 0 amide bonds. The molecule has 154 valence electrons. The van der Waals surface area contributed by atoms with E-state index in [9.17, 15) is 14.7 Å². The highest BCUT2D eigenvalue weighted by atomic mass is 16.6. The second-order valence-corrected chi connectivity index (χ2v) is 8.64. The molecule has 1 aliphatic carbocycles. The van der Waals surface area contributed by atoms with E-state index in [2.05, 4.69) is 6.58 Å². The van der Waals surface area contributed by atoms with Crippen LogP contribution in [0, 0.1) is 5.92 Å². The van der Waals surface area contributed by atoms with Crippen molar-refractivity contribution in [3.05, 3.63) is 36.0 Å². The van der Waals surface area contributed by atoms with E-state index in [1.165, 1.54) is 6.92 Å². The number of esters is 2. The number of hydrogen-bond donors (Lipinski definition) is 1. The summed E-state index contributed by atoms with van der Waals surface area (Å²) in [4.78, 5) is 24.0. The van der Waals surface area contributed by atoms with Crippen molar-refractivity contribution in [3.8, 4) is 0 Å². The molecule has 6 heteroatoms. The predicted molar refractivity (Wildman–Crippen MR) is 103 cm³/mol. The van der Waals surface area contributed by atoms with E-state index < -0.39 is 29.7 Å². The number of allylic oxidation sites excluding steroid dienone is 1. The first-order chi connectivity index (χ1) is 13.0. The summed E-state index contributed by atoms with van der Waals surface area (Å²) in [6.45, 7) is 10.9. The molecule has 0 bridgehead atoms. The van der Waals surface area contributed by atoms with Crippen LogP contribution in [0.1, 0.15) is 53.4 Å². The average Bonchev–Trinajstić information content (AvgIpc) is 3.13. The molecule has 3 aliphatic rings. The summed E-state index contributed by atoms with van der Waals surface area (Å²) < 4.78 is 17.1. The van der Waals surface area contributed by atoms with Crippen molar-refractivity contribution >= 4 is 11.9 Å². The van der Waals surface area contributed by atoms with Gasteiger partial charge in [-0.15, -0.1) is 0 Å². The van der Waals surface area contributed by atoms with Gasteiger partial charge in [0.1, 0.15) is 6.10 Å². The molecular weight excluding hydrogens is 360 g/mol. The average molecular weight is 390 g/mol. The van der Waals surface area contributed by atoms with Crippen LogP contribution in [0.25, 0.3) is 0 Å². The summed E-state index contributed by atoms with van der Waals surface area (Å²) in [7, 11) is 0. The maximum absolute atomic E-state index is 12.2. The molecule has 2 saturated heterocycles. The number of rotatable bonds is 1. The largest absolute Gasteiger partial charge is 0.454 e. The first kappa shape index (κ1) is 20.8. The van der Waals surface area contributed by atoms with Gasteiger partial charge in [0, 0.05) is 18.4 Å². The summed E-state index contributed by atoms with van der Waals surface area (Å²) >= 11 is 0. The van der Waals surface area contributed by atoms with E-state index in [1.54, 1.807) is 6.92 Å². The van der Waals surface area contributed by atoms with E-state index in [0.29, 0.717) is 31.3 Å². The van der Waals surface area contributed by atoms with Crippen LogP contribution in [-0.2, 0) is 23.8 Å². The van der Waals surface area contributed by atoms with E-state index in [-0.39, 0.29) is 17.6 Å². The summed E-state index contributed by atoms with van der Waals surface area (Å²) in [5.74, 6) is -1.16. The monoisotopic (exact) mass is 390 g/mol. The predicted octanol–water partition coefficient (Wildman–Crippen LogP) is 3.00. The van der Waals surface area contributed by atoms with Crippen LogP contribution in [-0.4, -0.2) is 46.6 Å². The number of carbonyl (C=O) groups is 2. The smallest absolute Gasteiger partial charge is 0.334 e.